The van der Waals surface area contributed by atoms with Crippen LogP contribution in [0.5, 0.6) is 0 Å². The van der Waals surface area contributed by atoms with Crippen LogP contribution in [0.15, 0.2) is 30.3 Å². The second kappa shape index (κ2) is 8.90. The second-order valence-corrected chi connectivity index (χ2v) is 6.24. The largest absolute Gasteiger partial charge is 0.469 e. The summed E-state index contributed by atoms with van der Waals surface area (Å²) in [7, 11) is 1.25. The van der Waals surface area contributed by atoms with Gasteiger partial charge in [0.1, 0.15) is 5.60 Å². The number of carbonyl (C=O) groups is 3. The van der Waals surface area contributed by atoms with Crippen molar-refractivity contribution in [2.45, 2.75) is 45.3 Å². The first-order valence-electron chi connectivity index (χ1n) is 7.61. The highest BCUT2D eigenvalue weighted by Crippen LogP contribution is 2.10. The summed E-state index contributed by atoms with van der Waals surface area (Å²) >= 11 is 0. The van der Waals surface area contributed by atoms with Gasteiger partial charge < -0.3 is 20.1 Å². The van der Waals surface area contributed by atoms with Gasteiger partial charge in [-0.15, -0.1) is 0 Å². The highest BCUT2D eigenvalue weighted by atomic mass is 16.6. The van der Waals surface area contributed by atoms with Gasteiger partial charge in [-0.2, -0.15) is 0 Å². The summed E-state index contributed by atoms with van der Waals surface area (Å²) in [6.07, 6.45) is -0.898. The predicted molar refractivity (Wildman–Crippen MR) is 89.5 cm³/mol. The van der Waals surface area contributed by atoms with E-state index in [0.29, 0.717) is 5.69 Å². The van der Waals surface area contributed by atoms with Crippen molar-refractivity contribution < 1.29 is 23.9 Å². The lowest BCUT2D eigenvalue weighted by molar-refractivity contribution is -0.141. The SMILES string of the molecule is COC(=O)CC(CC(=O)Nc1ccccc1)NC(=O)OC(C)(C)C. The Kier molecular flexibility index (Phi) is 7.23. The number of methoxy groups -OCH3 is 1. The molecule has 2 N–H and O–H groups in total. The van der Waals surface area contributed by atoms with Gasteiger partial charge in [-0.1, -0.05) is 18.2 Å². The van der Waals surface area contributed by atoms with Gasteiger partial charge >= 0.3 is 12.1 Å². The van der Waals surface area contributed by atoms with Gasteiger partial charge in [-0.05, 0) is 32.9 Å². The molecule has 0 aliphatic rings. The Balaban J connectivity index is 2.65. The molecule has 0 spiro atoms. The van der Waals surface area contributed by atoms with Crippen LogP contribution in [0, 0.1) is 0 Å². The minimum absolute atomic E-state index is 0.0801. The molecule has 1 rings (SSSR count). The number of hydrogen-bond acceptors (Lipinski definition) is 5. The van der Waals surface area contributed by atoms with Crippen LogP contribution in [0.25, 0.3) is 0 Å². The van der Waals surface area contributed by atoms with E-state index >= 15 is 0 Å². The predicted octanol–water partition coefficient (Wildman–Crippen LogP) is 2.47. The Bertz CT molecular complexity index is 566. The molecule has 0 fully saturated rings. The van der Waals surface area contributed by atoms with E-state index in [0.717, 1.165) is 0 Å². The Morgan fingerprint density at radius 2 is 1.71 bits per heavy atom. The first kappa shape index (κ1) is 19.5. The molecule has 1 unspecified atom stereocenters. The van der Waals surface area contributed by atoms with E-state index in [1.54, 1.807) is 45.0 Å². The minimum atomic E-state index is -0.726. The monoisotopic (exact) mass is 336 g/mol. The average Bonchev–Trinajstić information content (AvgIpc) is 2.45. The number of para-hydroxylation sites is 1. The smallest absolute Gasteiger partial charge is 0.407 e. The van der Waals surface area contributed by atoms with Gasteiger partial charge in [-0.3, -0.25) is 9.59 Å². The van der Waals surface area contributed by atoms with Gasteiger partial charge in [0.2, 0.25) is 5.91 Å². The Morgan fingerprint density at radius 1 is 1.08 bits per heavy atom. The van der Waals surface area contributed by atoms with E-state index in [-0.39, 0.29) is 18.7 Å². The highest BCUT2D eigenvalue weighted by Gasteiger charge is 2.23. The molecule has 132 valence electrons. The molecule has 1 atom stereocenters. The van der Waals surface area contributed by atoms with Crippen LogP contribution in [-0.2, 0) is 19.1 Å². The van der Waals surface area contributed by atoms with Crippen LogP contribution in [0.4, 0.5) is 10.5 Å². The highest BCUT2D eigenvalue weighted by molar-refractivity contribution is 5.91. The lowest BCUT2D eigenvalue weighted by atomic mass is 10.1. The van der Waals surface area contributed by atoms with Crippen molar-refractivity contribution in [2.75, 3.05) is 12.4 Å². The van der Waals surface area contributed by atoms with Crippen molar-refractivity contribution in [2.24, 2.45) is 0 Å². The summed E-state index contributed by atoms with van der Waals surface area (Å²) in [6.45, 7) is 5.18. The molecule has 0 aromatic heterocycles. The summed E-state index contributed by atoms with van der Waals surface area (Å²) < 4.78 is 9.75. The molecule has 7 heteroatoms. The van der Waals surface area contributed by atoms with Crippen molar-refractivity contribution in [3.05, 3.63) is 30.3 Å². The number of nitrogens with one attached hydrogen (secondary N) is 2. The van der Waals surface area contributed by atoms with E-state index in [9.17, 15) is 14.4 Å². The number of anilines is 1. The molecular formula is C17H24N2O5. The van der Waals surface area contributed by atoms with Crippen LogP contribution in [-0.4, -0.2) is 36.7 Å². The molecule has 0 heterocycles. The summed E-state index contributed by atoms with van der Waals surface area (Å²) in [6, 6.07) is 8.18. The first-order chi connectivity index (χ1) is 11.2. The molecule has 0 radical (unpaired) electrons. The summed E-state index contributed by atoms with van der Waals surface area (Å²) in [4.78, 5) is 35.4. The van der Waals surface area contributed by atoms with Gasteiger partial charge in [0, 0.05) is 12.1 Å². The molecule has 0 saturated heterocycles. The van der Waals surface area contributed by atoms with Crippen LogP contribution < -0.4 is 10.6 Å². The summed E-state index contributed by atoms with van der Waals surface area (Å²) in [5, 5.41) is 5.23. The molecule has 0 bridgehead atoms. The maximum Gasteiger partial charge on any atom is 0.407 e. The van der Waals surface area contributed by atoms with Crippen LogP contribution in [0.3, 0.4) is 0 Å². The first-order valence-corrected chi connectivity index (χ1v) is 7.61. The van der Waals surface area contributed by atoms with Gasteiger partial charge in [0.05, 0.1) is 19.6 Å². The van der Waals surface area contributed by atoms with Crippen molar-refractivity contribution in [3.8, 4) is 0 Å². The number of hydrogen-bond donors (Lipinski definition) is 2. The molecule has 1 aromatic rings. The Morgan fingerprint density at radius 3 is 2.25 bits per heavy atom. The molecular weight excluding hydrogens is 312 g/mol. The standard InChI is InChI=1S/C17H24N2O5/c1-17(2,3)24-16(22)19-13(11-15(21)23-4)10-14(20)18-12-8-6-5-7-9-12/h5-9,13H,10-11H2,1-4H3,(H,18,20)(H,19,22). The van der Waals surface area contributed by atoms with Crippen molar-refractivity contribution in [1.82, 2.24) is 5.32 Å². The zero-order chi connectivity index (χ0) is 18.2. The normalized spacial score (nSPS) is 12.0. The summed E-state index contributed by atoms with van der Waals surface area (Å²) in [5.74, 6) is -0.852. The zero-order valence-corrected chi connectivity index (χ0v) is 14.4. The number of esters is 1. The minimum Gasteiger partial charge on any atom is -0.469 e. The molecule has 2 amide bonds. The fourth-order valence-corrected chi connectivity index (χ4v) is 1.89. The lowest BCUT2D eigenvalue weighted by Crippen LogP contribution is -2.42. The number of benzene rings is 1. The van der Waals surface area contributed by atoms with Gasteiger partial charge in [0.25, 0.3) is 0 Å². The quantitative estimate of drug-likeness (QED) is 0.778. The van der Waals surface area contributed by atoms with Crippen molar-refractivity contribution in [1.29, 1.82) is 0 Å². The fraction of sp³-hybridized carbons (Fsp3) is 0.471. The third-order valence-electron chi connectivity index (χ3n) is 2.85. The molecule has 7 nitrogen and oxygen atoms in total. The molecule has 0 aliphatic carbocycles. The average molecular weight is 336 g/mol. The van der Waals surface area contributed by atoms with Crippen LogP contribution >= 0.6 is 0 Å². The second-order valence-electron chi connectivity index (χ2n) is 6.24. The third-order valence-corrected chi connectivity index (χ3v) is 2.85. The number of ether oxygens (including phenoxy) is 2. The van der Waals surface area contributed by atoms with E-state index in [1.807, 2.05) is 6.07 Å². The van der Waals surface area contributed by atoms with Gasteiger partial charge in [-0.25, -0.2) is 4.79 Å². The topological polar surface area (TPSA) is 93.7 Å². The van der Waals surface area contributed by atoms with Crippen molar-refractivity contribution in [3.63, 3.8) is 0 Å². The number of rotatable bonds is 6. The summed E-state index contributed by atoms with van der Waals surface area (Å²) in [5.41, 5.74) is -0.0387. The van der Waals surface area contributed by atoms with E-state index in [4.69, 9.17) is 4.74 Å². The number of carbonyl (C=O) groups excluding carboxylic acids is 3. The lowest BCUT2D eigenvalue weighted by Gasteiger charge is -2.23. The van der Waals surface area contributed by atoms with Crippen LogP contribution in [0.1, 0.15) is 33.6 Å². The maximum atomic E-state index is 12.1. The van der Waals surface area contributed by atoms with E-state index < -0.39 is 23.7 Å². The van der Waals surface area contributed by atoms with Crippen molar-refractivity contribution >= 4 is 23.7 Å². The van der Waals surface area contributed by atoms with E-state index in [2.05, 4.69) is 15.4 Å². The number of alkyl carbamates (subject to hydrolysis) is 1. The zero-order valence-electron chi connectivity index (χ0n) is 14.4. The Hall–Kier alpha value is -2.57. The Labute approximate surface area is 141 Å². The maximum absolute atomic E-state index is 12.1. The van der Waals surface area contributed by atoms with Crippen LogP contribution in [0.2, 0.25) is 0 Å². The van der Waals surface area contributed by atoms with Gasteiger partial charge in [0.15, 0.2) is 0 Å². The molecule has 0 aliphatic heterocycles. The molecule has 0 saturated carbocycles. The number of amides is 2. The molecule has 24 heavy (non-hydrogen) atoms. The molecule has 1 aromatic carbocycles. The van der Waals surface area contributed by atoms with E-state index in [1.165, 1.54) is 7.11 Å². The fourth-order valence-electron chi connectivity index (χ4n) is 1.89. The third kappa shape index (κ3) is 8.17.